The Balaban J connectivity index is 2.21. The number of rotatable bonds is 4. The Morgan fingerprint density at radius 3 is 2.07 bits per heavy atom. The third-order valence-corrected chi connectivity index (χ3v) is 3.28. The van der Waals surface area contributed by atoms with Crippen molar-refractivity contribution in [2.45, 2.75) is 12.4 Å². The summed E-state index contributed by atoms with van der Waals surface area (Å²) in [5, 5.41) is 10.9. The number of nitro benzene ring substituents is 1. The smallest absolute Gasteiger partial charge is 0.292 e. The molecule has 0 radical (unpaired) electrons. The highest BCUT2D eigenvalue weighted by Crippen LogP contribution is 2.34. The van der Waals surface area contributed by atoms with Crippen LogP contribution in [-0.2, 0) is 12.4 Å². The SMILES string of the molecule is O=C(NNc1ccc(C(F)(F)F)cc1[N+](=O)[O-])c1cccc(C(F)(F)F)c1. The van der Waals surface area contributed by atoms with Gasteiger partial charge in [0.2, 0.25) is 0 Å². The van der Waals surface area contributed by atoms with E-state index < -0.39 is 51.2 Å². The van der Waals surface area contributed by atoms with Crippen molar-refractivity contribution in [1.29, 1.82) is 0 Å². The number of halogens is 6. The lowest BCUT2D eigenvalue weighted by Gasteiger charge is -2.12. The van der Waals surface area contributed by atoms with E-state index in [1.54, 1.807) is 0 Å². The number of carbonyl (C=O) groups is 1. The molecule has 6 nitrogen and oxygen atoms in total. The minimum absolute atomic E-state index is 0.263. The van der Waals surface area contributed by atoms with Crippen molar-refractivity contribution >= 4 is 17.3 Å². The van der Waals surface area contributed by atoms with Gasteiger partial charge in [0.1, 0.15) is 5.69 Å². The Labute approximate surface area is 146 Å². The minimum atomic E-state index is -4.81. The van der Waals surface area contributed by atoms with Crippen molar-refractivity contribution in [3.63, 3.8) is 0 Å². The molecule has 27 heavy (non-hydrogen) atoms. The molecule has 0 unspecified atom stereocenters. The number of alkyl halides is 6. The van der Waals surface area contributed by atoms with Crippen LogP contribution in [0.5, 0.6) is 0 Å². The van der Waals surface area contributed by atoms with Crippen molar-refractivity contribution < 1.29 is 36.1 Å². The standard InChI is InChI=1S/C15H9F6N3O3/c16-14(17,18)9-3-1-2-8(6-9)13(25)23-22-11-5-4-10(15(19,20)21)7-12(11)24(26)27/h1-7,22H,(H,23,25). The topological polar surface area (TPSA) is 84.3 Å². The van der Waals surface area contributed by atoms with Gasteiger partial charge in [-0.1, -0.05) is 6.07 Å². The van der Waals surface area contributed by atoms with Gasteiger partial charge in [-0.05, 0) is 30.3 Å². The molecule has 0 aliphatic carbocycles. The molecule has 2 aromatic rings. The van der Waals surface area contributed by atoms with Crippen LogP contribution in [0, 0.1) is 10.1 Å². The van der Waals surface area contributed by atoms with Gasteiger partial charge in [0.05, 0.1) is 16.1 Å². The van der Waals surface area contributed by atoms with Crippen LogP contribution in [-0.4, -0.2) is 10.8 Å². The first-order valence-electron chi connectivity index (χ1n) is 6.99. The molecule has 0 aliphatic heterocycles. The van der Waals surface area contributed by atoms with Crippen molar-refractivity contribution in [3.8, 4) is 0 Å². The number of benzene rings is 2. The maximum atomic E-state index is 12.6. The Bertz CT molecular complexity index is 880. The summed E-state index contributed by atoms with van der Waals surface area (Å²) in [4.78, 5) is 21.7. The lowest BCUT2D eigenvalue weighted by molar-refractivity contribution is -0.384. The summed E-state index contributed by atoms with van der Waals surface area (Å²) in [7, 11) is 0. The van der Waals surface area contributed by atoms with Crippen molar-refractivity contribution in [2.24, 2.45) is 0 Å². The molecule has 2 rings (SSSR count). The number of anilines is 1. The number of nitro groups is 1. The van der Waals surface area contributed by atoms with E-state index >= 15 is 0 Å². The van der Waals surface area contributed by atoms with E-state index in [1.165, 1.54) is 0 Å². The first-order chi connectivity index (χ1) is 12.4. The molecule has 2 aromatic carbocycles. The summed E-state index contributed by atoms with van der Waals surface area (Å²) in [5.74, 6) is -1.07. The van der Waals surface area contributed by atoms with E-state index in [9.17, 15) is 41.3 Å². The van der Waals surface area contributed by atoms with Crippen LogP contribution in [0.2, 0.25) is 0 Å². The van der Waals surface area contributed by atoms with Gasteiger partial charge in [0, 0.05) is 11.6 Å². The quantitative estimate of drug-likeness (QED) is 0.459. The summed E-state index contributed by atoms with van der Waals surface area (Å²) in [6.45, 7) is 0. The molecule has 0 saturated heterocycles. The summed E-state index contributed by atoms with van der Waals surface area (Å²) in [5.41, 5.74) is -0.282. The van der Waals surface area contributed by atoms with Crippen LogP contribution in [0.25, 0.3) is 0 Å². The third kappa shape index (κ3) is 4.86. The summed E-state index contributed by atoms with van der Waals surface area (Å²) in [6, 6.07) is 4.87. The third-order valence-electron chi connectivity index (χ3n) is 3.28. The van der Waals surface area contributed by atoms with Gasteiger partial charge < -0.3 is 0 Å². The normalized spacial score (nSPS) is 11.8. The Kier molecular flexibility index (Phi) is 5.28. The monoisotopic (exact) mass is 393 g/mol. The zero-order chi connectivity index (χ0) is 20.4. The Hall–Kier alpha value is -3.31. The Morgan fingerprint density at radius 2 is 1.52 bits per heavy atom. The highest BCUT2D eigenvalue weighted by Gasteiger charge is 2.33. The number of amides is 1. The molecule has 0 aliphatic rings. The van der Waals surface area contributed by atoms with Gasteiger partial charge in [0.15, 0.2) is 0 Å². The highest BCUT2D eigenvalue weighted by atomic mass is 19.4. The molecule has 144 valence electrons. The molecule has 0 atom stereocenters. The zero-order valence-electron chi connectivity index (χ0n) is 13.0. The van der Waals surface area contributed by atoms with Crippen molar-refractivity contribution in [1.82, 2.24) is 5.43 Å². The number of hydrogen-bond donors (Lipinski definition) is 2. The van der Waals surface area contributed by atoms with Crippen LogP contribution in [0.1, 0.15) is 21.5 Å². The first-order valence-corrected chi connectivity index (χ1v) is 6.99. The predicted octanol–water partition coefficient (Wildman–Crippen LogP) is 4.39. The fraction of sp³-hybridized carbons (Fsp3) is 0.133. The summed E-state index contributed by atoms with van der Waals surface area (Å²) < 4.78 is 75.8. The van der Waals surface area contributed by atoms with E-state index in [0.29, 0.717) is 18.2 Å². The minimum Gasteiger partial charge on any atom is -0.292 e. The van der Waals surface area contributed by atoms with E-state index in [4.69, 9.17) is 0 Å². The zero-order valence-corrected chi connectivity index (χ0v) is 13.0. The van der Waals surface area contributed by atoms with Crippen molar-refractivity contribution in [3.05, 3.63) is 69.3 Å². The summed E-state index contributed by atoms with van der Waals surface area (Å²) >= 11 is 0. The average Bonchev–Trinajstić information content (AvgIpc) is 2.58. The molecule has 0 spiro atoms. The van der Waals surface area contributed by atoms with Crippen LogP contribution in [0.15, 0.2) is 42.5 Å². The van der Waals surface area contributed by atoms with E-state index in [0.717, 1.165) is 18.2 Å². The van der Waals surface area contributed by atoms with Crippen LogP contribution < -0.4 is 10.9 Å². The highest BCUT2D eigenvalue weighted by molar-refractivity contribution is 5.95. The second-order valence-electron chi connectivity index (χ2n) is 5.14. The van der Waals surface area contributed by atoms with Gasteiger partial charge >= 0.3 is 12.4 Å². The number of nitrogens with one attached hydrogen (secondary N) is 2. The lowest BCUT2D eigenvalue weighted by atomic mass is 10.1. The van der Waals surface area contributed by atoms with Gasteiger partial charge in [-0.25, -0.2) is 0 Å². The largest absolute Gasteiger partial charge is 0.416 e. The van der Waals surface area contributed by atoms with Gasteiger partial charge in [-0.3, -0.25) is 25.8 Å². The van der Waals surface area contributed by atoms with Crippen molar-refractivity contribution in [2.75, 3.05) is 5.43 Å². The van der Waals surface area contributed by atoms with Gasteiger partial charge in [0.25, 0.3) is 11.6 Å². The molecule has 0 aromatic heterocycles. The fourth-order valence-electron chi connectivity index (χ4n) is 2.00. The van der Waals surface area contributed by atoms with Gasteiger partial charge in [-0.15, -0.1) is 0 Å². The second-order valence-corrected chi connectivity index (χ2v) is 5.14. The van der Waals surface area contributed by atoms with E-state index in [1.807, 2.05) is 10.9 Å². The molecular weight excluding hydrogens is 384 g/mol. The predicted molar refractivity (Wildman–Crippen MR) is 80.6 cm³/mol. The molecule has 0 heterocycles. The van der Waals surface area contributed by atoms with Crippen LogP contribution in [0.4, 0.5) is 37.7 Å². The molecule has 0 bridgehead atoms. The number of carbonyl (C=O) groups excluding carboxylic acids is 1. The number of hydrazine groups is 1. The summed E-state index contributed by atoms with van der Waals surface area (Å²) in [6.07, 6.45) is -9.50. The molecule has 1 amide bonds. The molecule has 0 saturated carbocycles. The Morgan fingerprint density at radius 1 is 0.926 bits per heavy atom. The maximum Gasteiger partial charge on any atom is 0.416 e. The van der Waals surface area contributed by atoms with Gasteiger partial charge in [-0.2, -0.15) is 26.3 Å². The fourth-order valence-corrected chi connectivity index (χ4v) is 2.00. The number of hydrogen-bond acceptors (Lipinski definition) is 4. The molecule has 2 N–H and O–H groups in total. The first kappa shape index (κ1) is 20.0. The second kappa shape index (κ2) is 7.13. The van der Waals surface area contributed by atoms with E-state index in [2.05, 4.69) is 0 Å². The number of nitrogens with zero attached hydrogens (tertiary/aromatic N) is 1. The lowest BCUT2D eigenvalue weighted by Crippen LogP contribution is -2.30. The van der Waals surface area contributed by atoms with E-state index in [-0.39, 0.29) is 6.07 Å². The van der Waals surface area contributed by atoms with Crippen LogP contribution in [0.3, 0.4) is 0 Å². The molecular formula is C15H9F6N3O3. The maximum absolute atomic E-state index is 12.6. The van der Waals surface area contributed by atoms with Crippen LogP contribution >= 0.6 is 0 Å². The average molecular weight is 393 g/mol. The molecule has 12 heteroatoms. The molecule has 0 fully saturated rings.